The van der Waals surface area contributed by atoms with Crippen molar-refractivity contribution in [1.82, 2.24) is 9.78 Å². The summed E-state index contributed by atoms with van der Waals surface area (Å²) in [5, 5.41) is 5.57. The Kier molecular flexibility index (Phi) is 3.92. The summed E-state index contributed by atoms with van der Waals surface area (Å²) in [4.78, 5) is 11.6. The third-order valence-corrected chi connectivity index (χ3v) is 3.85. The molecular formula is C18H18N2O2. The van der Waals surface area contributed by atoms with Crippen LogP contribution in [0.1, 0.15) is 21.5 Å². The molecule has 112 valence electrons. The Labute approximate surface area is 129 Å². The minimum Gasteiger partial charge on any atom is -0.465 e. The fourth-order valence-corrected chi connectivity index (χ4v) is 2.55. The highest BCUT2D eigenvalue weighted by Crippen LogP contribution is 2.16. The molecule has 1 aromatic heterocycles. The lowest BCUT2D eigenvalue weighted by Gasteiger charge is -2.05. The summed E-state index contributed by atoms with van der Waals surface area (Å²) in [5.41, 5.74) is 3.97. The molecule has 0 aliphatic carbocycles. The number of fused-ring (bicyclic) bond motifs is 1. The average molecular weight is 294 g/mol. The van der Waals surface area contributed by atoms with Gasteiger partial charge in [0.15, 0.2) is 0 Å². The fourth-order valence-electron chi connectivity index (χ4n) is 2.55. The number of ether oxygens (including phenoxy) is 1. The molecule has 0 spiro atoms. The van der Waals surface area contributed by atoms with Gasteiger partial charge in [0, 0.05) is 18.1 Å². The largest absolute Gasteiger partial charge is 0.465 e. The van der Waals surface area contributed by atoms with Crippen LogP contribution in [0.2, 0.25) is 0 Å². The van der Waals surface area contributed by atoms with Crippen molar-refractivity contribution in [3.05, 3.63) is 65.4 Å². The van der Waals surface area contributed by atoms with Crippen molar-refractivity contribution in [2.45, 2.75) is 19.9 Å². The summed E-state index contributed by atoms with van der Waals surface area (Å²) in [7, 11) is 1.38. The van der Waals surface area contributed by atoms with E-state index in [0.29, 0.717) is 5.56 Å². The van der Waals surface area contributed by atoms with Gasteiger partial charge in [-0.1, -0.05) is 30.3 Å². The van der Waals surface area contributed by atoms with Gasteiger partial charge < -0.3 is 4.74 Å². The van der Waals surface area contributed by atoms with Gasteiger partial charge in [-0.15, -0.1) is 0 Å². The van der Waals surface area contributed by atoms with E-state index < -0.39 is 0 Å². The number of rotatable bonds is 4. The zero-order valence-corrected chi connectivity index (χ0v) is 12.7. The number of hydrogen-bond acceptors (Lipinski definition) is 3. The van der Waals surface area contributed by atoms with Gasteiger partial charge in [-0.2, -0.15) is 5.10 Å². The lowest BCUT2D eigenvalue weighted by atomic mass is 10.1. The smallest absolute Gasteiger partial charge is 0.337 e. The Balaban J connectivity index is 1.80. The van der Waals surface area contributed by atoms with Gasteiger partial charge in [0.05, 0.1) is 18.2 Å². The first-order valence-electron chi connectivity index (χ1n) is 7.27. The van der Waals surface area contributed by atoms with Gasteiger partial charge in [-0.05, 0) is 36.6 Å². The number of hydrogen-bond donors (Lipinski definition) is 0. The molecule has 0 N–H and O–H groups in total. The number of benzene rings is 2. The van der Waals surface area contributed by atoms with E-state index in [1.165, 1.54) is 18.2 Å². The number of carbonyl (C=O) groups is 1. The molecule has 4 heteroatoms. The Morgan fingerprint density at radius 2 is 2.05 bits per heavy atom. The summed E-state index contributed by atoms with van der Waals surface area (Å²) in [6, 6.07) is 13.8. The molecule has 0 saturated carbocycles. The number of carbonyl (C=O) groups excluding carboxylic acids is 1. The zero-order valence-electron chi connectivity index (χ0n) is 12.7. The van der Waals surface area contributed by atoms with Crippen LogP contribution in [0.5, 0.6) is 0 Å². The van der Waals surface area contributed by atoms with Gasteiger partial charge in [-0.25, -0.2) is 4.79 Å². The van der Waals surface area contributed by atoms with E-state index in [-0.39, 0.29) is 5.97 Å². The lowest BCUT2D eigenvalue weighted by molar-refractivity contribution is 0.0601. The van der Waals surface area contributed by atoms with E-state index in [2.05, 4.69) is 36.3 Å². The minimum absolute atomic E-state index is 0.337. The predicted molar refractivity (Wildman–Crippen MR) is 86.0 cm³/mol. The molecule has 0 unspecified atom stereocenters. The summed E-state index contributed by atoms with van der Waals surface area (Å²) in [6.45, 7) is 2.94. The van der Waals surface area contributed by atoms with Crippen molar-refractivity contribution in [3.63, 3.8) is 0 Å². The monoisotopic (exact) mass is 294 g/mol. The predicted octanol–water partition coefficient (Wildman–Crippen LogP) is 3.37. The normalized spacial score (nSPS) is 10.8. The Morgan fingerprint density at radius 1 is 1.23 bits per heavy atom. The molecule has 0 aliphatic rings. The third kappa shape index (κ3) is 2.86. The van der Waals surface area contributed by atoms with Crippen molar-refractivity contribution < 1.29 is 9.53 Å². The molecule has 0 amide bonds. The van der Waals surface area contributed by atoms with E-state index in [9.17, 15) is 4.79 Å². The maximum absolute atomic E-state index is 11.6. The molecule has 1 heterocycles. The molecule has 0 aliphatic heterocycles. The Morgan fingerprint density at radius 3 is 2.82 bits per heavy atom. The molecule has 0 radical (unpaired) electrons. The first kappa shape index (κ1) is 14.3. The van der Waals surface area contributed by atoms with Crippen LogP contribution in [0.15, 0.2) is 48.7 Å². The molecule has 0 fully saturated rings. The van der Waals surface area contributed by atoms with Crippen molar-refractivity contribution in [2.75, 3.05) is 7.11 Å². The summed E-state index contributed by atoms with van der Waals surface area (Å²) in [5.74, 6) is -0.337. The van der Waals surface area contributed by atoms with Crippen LogP contribution in [0.25, 0.3) is 10.9 Å². The molecule has 2 aromatic carbocycles. The SMILES string of the molecule is COC(=O)c1ccc2cn(CCc3ccccc3C)nc2c1. The zero-order chi connectivity index (χ0) is 15.5. The van der Waals surface area contributed by atoms with Crippen LogP contribution in [0, 0.1) is 6.92 Å². The molecule has 3 rings (SSSR count). The minimum atomic E-state index is -0.337. The van der Waals surface area contributed by atoms with Gasteiger partial charge in [-0.3, -0.25) is 4.68 Å². The highest BCUT2D eigenvalue weighted by atomic mass is 16.5. The van der Waals surface area contributed by atoms with Crippen molar-refractivity contribution in [1.29, 1.82) is 0 Å². The number of aromatic nitrogens is 2. The molecule has 22 heavy (non-hydrogen) atoms. The van der Waals surface area contributed by atoms with Crippen LogP contribution in [0.4, 0.5) is 0 Å². The van der Waals surface area contributed by atoms with Gasteiger partial charge >= 0.3 is 5.97 Å². The highest BCUT2D eigenvalue weighted by Gasteiger charge is 2.08. The maximum atomic E-state index is 11.6. The molecule has 0 bridgehead atoms. The summed E-state index contributed by atoms with van der Waals surface area (Å²) < 4.78 is 6.67. The first-order chi connectivity index (χ1) is 10.7. The van der Waals surface area contributed by atoms with Gasteiger partial charge in [0.25, 0.3) is 0 Å². The van der Waals surface area contributed by atoms with Crippen LogP contribution in [0.3, 0.4) is 0 Å². The number of aryl methyl sites for hydroxylation is 3. The average Bonchev–Trinajstić information content (AvgIpc) is 2.95. The molecule has 0 saturated heterocycles. The summed E-state index contributed by atoms with van der Waals surface area (Å²) >= 11 is 0. The van der Waals surface area contributed by atoms with Gasteiger partial charge in [0.2, 0.25) is 0 Å². The van der Waals surface area contributed by atoms with E-state index in [0.717, 1.165) is 23.9 Å². The maximum Gasteiger partial charge on any atom is 0.337 e. The Bertz CT molecular complexity index is 821. The van der Waals surface area contributed by atoms with Crippen molar-refractivity contribution in [3.8, 4) is 0 Å². The van der Waals surface area contributed by atoms with Crippen LogP contribution in [-0.4, -0.2) is 22.9 Å². The van der Waals surface area contributed by atoms with Crippen molar-refractivity contribution in [2.24, 2.45) is 0 Å². The Hall–Kier alpha value is -2.62. The quantitative estimate of drug-likeness (QED) is 0.693. The van der Waals surface area contributed by atoms with Crippen LogP contribution >= 0.6 is 0 Å². The standard InChI is InChI=1S/C18H18N2O2/c1-13-5-3-4-6-14(13)9-10-20-12-16-8-7-15(18(21)22-2)11-17(16)19-20/h3-8,11-12H,9-10H2,1-2H3. The first-order valence-corrected chi connectivity index (χ1v) is 7.27. The number of esters is 1. The number of methoxy groups -OCH3 is 1. The second-order valence-electron chi connectivity index (χ2n) is 5.33. The van der Waals surface area contributed by atoms with E-state index >= 15 is 0 Å². The van der Waals surface area contributed by atoms with Crippen LogP contribution < -0.4 is 0 Å². The van der Waals surface area contributed by atoms with E-state index in [1.807, 2.05) is 16.9 Å². The molecule has 4 nitrogen and oxygen atoms in total. The molecular weight excluding hydrogens is 276 g/mol. The lowest BCUT2D eigenvalue weighted by Crippen LogP contribution is -2.03. The highest BCUT2D eigenvalue weighted by molar-refractivity contribution is 5.94. The molecule has 0 atom stereocenters. The topological polar surface area (TPSA) is 44.1 Å². The van der Waals surface area contributed by atoms with Crippen LogP contribution in [-0.2, 0) is 17.7 Å². The molecule has 3 aromatic rings. The third-order valence-electron chi connectivity index (χ3n) is 3.85. The second kappa shape index (κ2) is 6.02. The number of nitrogens with zero attached hydrogens (tertiary/aromatic N) is 2. The summed E-state index contributed by atoms with van der Waals surface area (Å²) in [6.07, 6.45) is 2.94. The second-order valence-corrected chi connectivity index (χ2v) is 5.33. The van der Waals surface area contributed by atoms with Gasteiger partial charge in [0.1, 0.15) is 0 Å². The van der Waals surface area contributed by atoms with E-state index in [4.69, 9.17) is 4.74 Å². The van der Waals surface area contributed by atoms with Crippen molar-refractivity contribution >= 4 is 16.9 Å². The van der Waals surface area contributed by atoms with E-state index in [1.54, 1.807) is 12.1 Å². The fraction of sp³-hybridized carbons (Fsp3) is 0.222.